The van der Waals surface area contributed by atoms with Crippen LogP contribution in [0.2, 0.25) is 0 Å². The van der Waals surface area contributed by atoms with Crippen LogP contribution in [0.4, 0.5) is 18.3 Å². The van der Waals surface area contributed by atoms with Gasteiger partial charge in [-0.3, -0.25) is 0 Å². The third kappa shape index (κ3) is 5.55. The van der Waals surface area contributed by atoms with Crippen molar-refractivity contribution in [3.05, 3.63) is 70.2 Å². The molecule has 34 heavy (non-hydrogen) atoms. The van der Waals surface area contributed by atoms with Crippen molar-refractivity contribution in [3.8, 4) is 5.75 Å². The summed E-state index contributed by atoms with van der Waals surface area (Å²) in [7, 11) is -3.65. The standard InChI is InChI=1S/C24H25F3N2O3S2/c1-16-4-3-5-17(2)22(16)14-18-15-33-23(28-18)29-12-10-21(11-13-29)34(30,31)20-8-6-19(7-9-20)32-24(25,26)27/h3-9,15,21H,10-14H2,1-2H3. The van der Waals surface area contributed by atoms with Crippen LogP contribution >= 0.6 is 11.3 Å². The number of nitrogens with zero attached hydrogens (tertiary/aromatic N) is 2. The van der Waals surface area contributed by atoms with E-state index in [0.717, 1.165) is 29.4 Å². The number of benzene rings is 2. The van der Waals surface area contributed by atoms with Crippen LogP contribution < -0.4 is 9.64 Å². The number of ether oxygens (including phenoxy) is 1. The Labute approximate surface area is 201 Å². The van der Waals surface area contributed by atoms with Gasteiger partial charge in [0.15, 0.2) is 15.0 Å². The van der Waals surface area contributed by atoms with E-state index in [2.05, 4.69) is 41.0 Å². The third-order valence-electron chi connectivity index (χ3n) is 6.08. The molecule has 1 aliphatic heterocycles. The topological polar surface area (TPSA) is 59.5 Å². The Morgan fingerprint density at radius 3 is 2.26 bits per heavy atom. The Balaban J connectivity index is 1.38. The van der Waals surface area contributed by atoms with Crippen LogP contribution in [0.25, 0.3) is 0 Å². The minimum absolute atomic E-state index is 0.00519. The summed E-state index contributed by atoms with van der Waals surface area (Å²) in [5.41, 5.74) is 4.74. The molecule has 0 saturated carbocycles. The molecule has 2 aromatic carbocycles. The molecule has 10 heteroatoms. The van der Waals surface area contributed by atoms with Gasteiger partial charge in [0.25, 0.3) is 0 Å². The van der Waals surface area contributed by atoms with Gasteiger partial charge in [0, 0.05) is 24.9 Å². The molecule has 0 spiro atoms. The minimum Gasteiger partial charge on any atom is -0.406 e. The summed E-state index contributed by atoms with van der Waals surface area (Å²) in [5, 5.41) is 2.34. The summed E-state index contributed by atoms with van der Waals surface area (Å²) >= 11 is 1.56. The van der Waals surface area contributed by atoms with Crippen molar-refractivity contribution in [1.82, 2.24) is 4.98 Å². The third-order valence-corrected chi connectivity index (χ3v) is 9.31. The number of anilines is 1. The van der Waals surface area contributed by atoms with Gasteiger partial charge in [-0.05, 0) is 67.6 Å². The fourth-order valence-electron chi connectivity index (χ4n) is 4.21. The molecule has 0 radical (unpaired) electrons. The van der Waals surface area contributed by atoms with E-state index >= 15 is 0 Å². The number of rotatable bonds is 6. The van der Waals surface area contributed by atoms with E-state index in [1.807, 2.05) is 6.07 Å². The van der Waals surface area contributed by atoms with Gasteiger partial charge in [0.05, 0.1) is 15.8 Å². The molecular formula is C24H25F3N2O3S2. The van der Waals surface area contributed by atoms with Crippen molar-refractivity contribution in [3.63, 3.8) is 0 Å². The molecule has 0 atom stereocenters. The first-order valence-electron chi connectivity index (χ1n) is 10.9. The van der Waals surface area contributed by atoms with Crippen molar-refractivity contribution in [1.29, 1.82) is 0 Å². The second-order valence-electron chi connectivity index (χ2n) is 8.42. The fourth-order valence-corrected chi connectivity index (χ4v) is 6.82. The number of aryl methyl sites for hydroxylation is 2. The molecule has 0 amide bonds. The summed E-state index contributed by atoms with van der Waals surface area (Å²) in [5.74, 6) is -0.443. The molecule has 0 unspecified atom stereocenters. The normalized spacial score (nSPS) is 15.5. The second-order valence-corrected chi connectivity index (χ2v) is 11.5. The van der Waals surface area contributed by atoms with Crippen LogP contribution in [0.1, 0.15) is 35.2 Å². The predicted octanol–water partition coefficient (Wildman–Crippen LogP) is 5.69. The highest BCUT2D eigenvalue weighted by molar-refractivity contribution is 7.92. The highest BCUT2D eigenvalue weighted by atomic mass is 32.2. The number of aromatic nitrogens is 1. The first kappa shape index (κ1) is 24.5. The summed E-state index contributed by atoms with van der Waals surface area (Å²) < 4.78 is 66.8. The Morgan fingerprint density at radius 1 is 1.06 bits per heavy atom. The molecule has 1 fully saturated rings. The van der Waals surface area contributed by atoms with Gasteiger partial charge >= 0.3 is 6.36 Å². The van der Waals surface area contributed by atoms with E-state index in [1.54, 1.807) is 11.3 Å². The lowest BCUT2D eigenvalue weighted by atomic mass is 9.99. The van der Waals surface area contributed by atoms with E-state index in [9.17, 15) is 21.6 Å². The highest BCUT2D eigenvalue weighted by Gasteiger charge is 2.33. The van der Waals surface area contributed by atoms with Crippen molar-refractivity contribution >= 4 is 26.3 Å². The van der Waals surface area contributed by atoms with Crippen LogP contribution in [-0.2, 0) is 16.3 Å². The van der Waals surface area contributed by atoms with Crippen LogP contribution in [-0.4, -0.2) is 38.1 Å². The first-order valence-corrected chi connectivity index (χ1v) is 13.3. The number of halogens is 3. The lowest BCUT2D eigenvalue weighted by Crippen LogP contribution is -2.39. The van der Waals surface area contributed by atoms with E-state index < -0.39 is 27.2 Å². The Morgan fingerprint density at radius 2 is 1.68 bits per heavy atom. The van der Waals surface area contributed by atoms with Crippen molar-refractivity contribution < 1.29 is 26.3 Å². The van der Waals surface area contributed by atoms with Gasteiger partial charge in [-0.25, -0.2) is 13.4 Å². The Kier molecular flexibility index (Phi) is 6.91. The summed E-state index contributed by atoms with van der Waals surface area (Å²) in [6.07, 6.45) is -3.21. The SMILES string of the molecule is Cc1cccc(C)c1Cc1csc(N2CCC(S(=O)(=O)c3ccc(OC(F)(F)F)cc3)CC2)n1. The van der Waals surface area contributed by atoms with Crippen LogP contribution in [0.15, 0.2) is 52.7 Å². The number of hydrogen-bond donors (Lipinski definition) is 0. The Hall–Kier alpha value is -2.59. The summed E-state index contributed by atoms with van der Waals surface area (Å²) in [6, 6.07) is 10.6. The van der Waals surface area contributed by atoms with Crippen LogP contribution in [0.3, 0.4) is 0 Å². The second kappa shape index (κ2) is 9.58. The zero-order valence-corrected chi connectivity index (χ0v) is 20.4. The molecule has 182 valence electrons. The van der Waals surface area contributed by atoms with Gasteiger partial charge in [-0.1, -0.05) is 18.2 Å². The maximum Gasteiger partial charge on any atom is 0.573 e. The van der Waals surface area contributed by atoms with E-state index in [0.29, 0.717) is 25.9 Å². The molecule has 1 aliphatic rings. The maximum atomic E-state index is 13.0. The van der Waals surface area contributed by atoms with Gasteiger partial charge in [0.2, 0.25) is 0 Å². The van der Waals surface area contributed by atoms with Crippen molar-refractivity contribution in [2.24, 2.45) is 0 Å². The molecular weight excluding hydrogens is 485 g/mol. The summed E-state index contributed by atoms with van der Waals surface area (Å²) in [4.78, 5) is 6.89. The van der Waals surface area contributed by atoms with Crippen LogP contribution in [0.5, 0.6) is 5.75 Å². The molecule has 3 aromatic rings. The number of thiazole rings is 1. The lowest BCUT2D eigenvalue weighted by molar-refractivity contribution is -0.274. The van der Waals surface area contributed by atoms with Crippen LogP contribution in [0, 0.1) is 13.8 Å². The quantitative estimate of drug-likeness (QED) is 0.426. The number of hydrogen-bond acceptors (Lipinski definition) is 6. The maximum absolute atomic E-state index is 13.0. The zero-order chi connectivity index (χ0) is 24.5. The molecule has 0 aliphatic carbocycles. The smallest absolute Gasteiger partial charge is 0.406 e. The number of sulfone groups is 1. The average molecular weight is 511 g/mol. The molecule has 2 heterocycles. The number of piperidine rings is 1. The fraction of sp³-hybridized carbons (Fsp3) is 0.375. The first-order chi connectivity index (χ1) is 16.0. The number of alkyl halides is 3. The van der Waals surface area contributed by atoms with E-state index in [1.165, 1.54) is 28.8 Å². The van der Waals surface area contributed by atoms with E-state index in [4.69, 9.17) is 4.98 Å². The van der Waals surface area contributed by atoms with Crippen molar-refractivity contribution in [2.45, 2.75) is 49.6 Å². The molecule has 1 saturated heterocycles. The predicted molar refractivity (Wildman–Crippen MR) is 126 cm³/mol. The molecule has 0 N–H and O–H groups in total. The molecule has 1 aromatic heterocycles. The van der Waals surface area contributed by atoms with Gasteiger partial charge < -0.3 is 9.64 Å². The Bertz CT molecular complexity index is 1230. The van der Waals surface area contributed by atoms with E-state index in [-0.39, 0.29) is 4.90 Å². The zero-order valence-electron chi connectivity index (χ0n) is 18.8. The highest BCUT2D eigenvalue weighted by Crippen LogP contribution is 2.31. The monoisotopic (exact) mass is 510 g/mol. The average Bonchev–Trinajstić information content (AvgIpc) is 3.24. The minimum atomic E-state index is -4.82. The lowest BCUT2D eigenvalue weighted by Gasteiger charge is -2.31. The molecule has 4 rings (SSSR count). The molecule has 0 bridgehead atoms. The van der Waals surface area contributed by atoms with Gasteiger partial charge in [-0.2, -0.15) is 0 Å². The largest absolute Gasteiger partial charge is 0.573 e. The summed E-state index contributed by atoms with van der Waals surface area (Å²) in [6.45, 7) is 5.29. The van der Waals surface area contributed by atoms with Gasteiger partial charge in [-0.15, -0.1) is 24.5 Å². The van der Waals surface area contributed by atoms with Crippen molar-refractivity contribution in [2.75, 3.05) is 18.0 Å². The molecule has 5 nitrogen and oxygen atoms in total. The van der Waals surface area contributed by atoms with Gasteiger partial charge in [0.1, 0.15) is 5.75 Å².